The maximum Gasteiger partial charge on any atom is 0.319 e. The van der Waals surface area contributed by atoms with Crippen LogP contribution in [0.4, 0.5) is 10.5 Å². The van der Waals surface area contributed by atoms with Crippen molar-refractivity contribution in [3.05, 3.63) is 59.9 Å². The van der Waals surface area contributed by atoms with Crippen molar-refractivity contribution in [3.63, 3.8) is 0 Å². The zero-order valence-corrected chi connectivity index (χ0v) is 15.3. The number of hydrogen-bond donors (Lipinski definition) is 2. The Balaban J connectivity index is 1.61. The standard InChI is InChI=1S/C19H24N4OS/c1-15(16-6-4-8-20-13-16)21-19(24)22-18-7-3-2-5-17(18)14-23-9-11-25-12-10-23/h2-8,13,15H,9-12,14H2,1H3,(H2,21,22,24). The molecule has 1 aromatic heterocycles. The van der Waals surface area contributed by atoms with Crippen molar-refractivity contribution in [2.24, 2.45) is 0 Å². The number of thioether (sulfide) groups is 1. The highest BCUT2D eigenvalue weighted by molar-refractivity contribution is 7.99. The Morgan fingerprint density at radius 2 is 2.04 bits per heavy atom. The third-order valence-electron chi connectivity index (χ3n) is 4.30. The van der Waals surface area contributed by atoms with Crippen LogP contribution >= 0.6 is 11.8 Å². The Morgan fingerprint density at radius 3 is 2.80 bits per heavy atom. The largest absolute Gasteiger partial charge is 0.331 e. The second-order valence-corrected chi connectivity index (χ2v) is 7.38. The fourth-order valence-electron chi connectivity index (χ4n) is 2.85. The molecule has 0 spiro atoms. The van der Waals surface area contributed by atoms with E-state index in [4.69, 9.17) is 0 Å². The molecule has 0 aliphatic carbocycles. The van der Waals surface area contributed by atoms with Gasteiger partial charge in [0.25, 0.3) is 0 Å². The molecule has 6 heteroatoms. The molecule has 3 rings (SSSR count). The molecule has 0 saturated carbocycles. The number of carbonyl (C=O) groups is 1. The molecular formula is C19H24N4OS. The van der Waals surface area contributed by atoms with Gasteiger partial charge in [0.15, 0.2) is 0 Å². The number of urea groups is 1. The Labute approximate surface area is 153 Å². The molecule has 2 heterocycles. The molecule has 1 fully saturated rings. The van der Waals surface area contributed by atoms with Crippen LogP contribution in [0, 0.1) is 0 Å². The molecule has 1 unspecified atom stereocenters. The molecule has 25 heavy (non-hydrogen) atoms. The van der Waals surface area contributed by atoms with E-state index in [-0.39, 0.29) is 12.1 Å². The molecule has 0 radical (unpaired) electrons. The summed E-state index contributed by atoms with van der Waals surface area (Å²) in [5.41, 5.74) is 3.01. The average Bonchev–Trinajstić information content (AvgIpc) is 2.65. The van der Waals surface area contributed by atoms with E-state index >= 15 is 0 Å². The highest BCUT2D eigenvalue weighted by Crippen LogP contribution is 2.20. The van der Waals surface area contributed by atoms with Crippen molar-refractivity contribution in [2.45, 2.75) is 19.5 Å². The molecule has 5 nitrogen and oxygen atoms in total. The van der Waals surface area contributed by atoms with Crippen molar-refractivity contribution in [1.29, 1.82) is 0 Å². The summed E-state index contributed by atoms with van der Waals surface area (Å²) >= 11 is 2.00. The zero-order valence-electron chi connectivity index (χ0n) is 14.4. The number of amides is 2. The summed E-state index contributed by atoms with van der Waals surface area (Å²) in [5, 5.41) is 5.97. The van der Waals surface area contributed by atoms with Crippen LogP contribution in [0.25, 0.3) is 0 Å². The number of nitrogens with zero attached hydrogens (tertiary/aromatic N) is 2. The van der Waals surface area contributed by atoms with Gasteiger partial charge in [0.2, 0.25) is 0 Å². The first-order valence-electron chi connectivity index (χ1n) is 8.58. The van der Waals surface area contributed by atoms with Crippen molar-refractivity contribution in [2.75, 3.05) is 29.9 Å². The second-order valence-electron chi connectivity index (χ2n) is 6.15. The Hall–Kier alpha value is -2.05. The summed E-state index contributed by atoms with van der Waals surface area (Å²) in [6.45, 7) is 5.02. The zero-order chi connectivity index (χ0) is 17.5. The van der Waals surface area contributed by atoms with Crippen LogP contribution in [0.1, 0.15) is 24.1 Å². The normalized spacial score (nSPS) is 16.2. The highest BCUT2D eigenvalue weighted by atomic mass is 32.2. The van der Waals surface area contributed by atoms with E-state index in [0.717, 1.165) is 36.4 Å². The number of para-hydroxylation sites is 1. The lowest BCUT2D eigenvalue weighted by molar-refractivity contribution is 0.249. The number of aromatic nitrogens is 1. The number of rotatable bonds is 5. The lowest BCUT2D eigenvalue weighted by Crippen LogP contribution is -2.33. The summed E-state index contributed by atoms with van der Waals surface area (Å²) in [4.78, 5) is 18.9. The summed E-state index contributed by atoms with van der Waals surface area (Å²) < 4.78 is 0. The molecule has 0 bridgehead atoms. The smallest absolute Gasteiger partial charge is 0.319 e. The van der Waals surface area contributed by atoms with Gasteiger partial charge in [-0.1, -0.05) is 24.3 Å². The van der Waals surface area contributed by atoms with Gasteiger partial charge >= 0.3 is 6.03 Å². The molecule has 1 aliphatic heterocycles. The van der Waals surface area contributed by atoms with Crippen molar-refractivity contribution in [3.8, 4) is 0 Å². The number of anilines is 1. The molecule has 132 valence electrons. The van der Waals surface area contributed by atoms with E-state index in [1.807, 2.05) is 49.0 Å². The number of hydrogen-bond acceptors (Lipinski definition) is 4. The molecule has 1 saturated heterocycles. The minimum atomic E-state index is -0.196. The maximum atomic E-state index is 12.4. The summed E-state index contributed by atoms with van der Waals surface area (Å²) in [6.07, 6.45) is 3.50. The average molecular weight is 356 g/mol. The van der Waals surface area contributed by atoms with Gasteiger partial charge in [0.1, 0.15) is 0 Å². The van der Waals surface area contributed by atoms with Crippen LogP contribution < -0.4 is 10.6 Å². The third kappa shape index (κ3) is 5.21. The minimum Gasteiger partial charge on any atom is -0.331 e. The summed E-state index contributed by atoms with van der Waals surface area (Å²) in [5.74, 6) is 2.36. The second kappa shape index (κ2) is 8.87. The predicted octanol–water partition coefficient (Wildman–Crippen LogP) is 3.51. The molecule has 1 atom stereocenters. The van der Waals surface area contributed by atoms with Crippen LogP contribution in [0.15, 0.2) is 48.8 Å². The fraction of sp³-hybridized carbons (Fsp3) is 0.368. The van der Waals surface area contributed by atoms with Gasteiger partial charge in [-0.05, 0) is 30.2 Å². The highest BCUT2D eigenvalue weighted by Gasteiger charge is 2.15. The first-order chi connectivity index (χ1) is 12.2. The Kier molecular flexibility index (Phi) is 6.30. The van der Waals surface area contributed by atoms with E-state index in [1.54, 1.807) is 12.4 Å². The molecule has 1 aliphatic rings. The van der Waals surface area contributed by atoms with Crippen molar-refractivity contribution >= 4 is 23.5 Å². The van der Waals surface area contributed by atoms with Crippen LogP contribution in [-0.4, -0.2) is 40.5 Å². The number of benzene rings is 1. The summed E-state index contributed by atoms with van der Waals surface area (Å²) in [6, 6.07) is 11.6. The lowest BCUT2D eigenvalue weighted by Gasteiger charge is -2.27. The van der Waals surface area contributed by atoms with Crippen LogP contribution in [0.2, 0.25) is 0 Å². The molecular weight excluding hydrogens is 332 g/mol. The Bertz CT molecular complexity index is 689. The predicted molar refractivity (Wildman–Crippen MR) is 104 cm³/mol. The number of carbonyl (C=O) groups excluding carboxylic acids is 1. The third-order valence-corrected chi connectivity index (χ3v) is 5.24. The Morgan fingerprint density at radius 1 is 1.24 bits per heavy atom. The van der Waals surface area contributed by atoms with Crippen LogP contribution in [0.3, 0.4) is 0 Å². The maximum absolute atomic E-state index is 12.4. The van der Waals surface area contributed by atoms with Crippen LogP contribution in [0.5, 0.6) is 0 Å². The first kappa shape index (κ1) is 17.8. The van der Waals surface area contributed by atoms with Gasteiger partial charge in [-0.2, -0.15) is 11.8 Å². The molecule has 2 aromatic rings. The molecule has 1 aromatic carbocycles. The van der Waals surface area contributed by atoms with Gasteiger partial charge in [-0.15, -0.1) is 0 Å². The van der Waals surface area contributed by atoms with Gasteiger partial charge in [-0.3, -0.25) is 9.88 Å². The fourth-order valence-corrected chi connectivity index (χ4v) is 3.83. The van der Waals surface area contributed by atoms with Gasteiger partial charge in [-0.25, -0.2) is 4.79 Å². The van der Waals surface area contributed by atoms with E-state index in [9.17, 15) is 4.79 Å². The minimum absolute atomic E-state index is 0.0972. The quantitative estimate of drug-likeness (QED) is 0.861. The number of pyridine rings is 1. The van der Waals surface area contributed by atoms with E-state index in [0.29, 0.717) is 0 Å². The van der Waals surface area contributed by atoms with E-state index < -0.39 is 0 Å². The van der Waals surface area contributed by atoms with Gasteiger partial charge < -0.3 is 10.6 Å². The van der Waals surface area contributed by atoms with E-state index in [1.165, 1.54) is 11.5 Å². The van der Waals surface area contributed by atoms with Gasteiger partial charge in [0.05, 0.1) is 6.04 Å². The van der Waals surface area contributed by atoms with E-state index in [2.05, 4.69) is 26.6 Å². The van der Waals surface area contributed by atoms with Crippen LogP contribution in [-0.2, 0) is 6.54 Å². The SMILES string of the molecule is CC(NC(=O)Nc1ccccc1CN1CCSCC1)c1cccnc1. The van der Waals surface area contributed by atoms with Crippen molar-refractivity contribution < 1.29 is 4.79 Å². The number of nitrogens with one attached hydrogen (secondary N) is 2. The molecule has 2 N–H and O–H groups in total. The lowest BCUT2D eigenvalue weighted by atomic mass is 10.1. The van der Waals surface area contributed by atoms with Gasteiger partial charge in [0, 0.05) is 49.2 Å². The summed E-state index contributed by atoms with van der Waals surface area (Å²) in [7, 11) is 0. The first-order valence-corrected chi connectivity index (χ1v) is 9.73. The van der Waals surface area contributed by atoms with Crippen molar-refractivity contribution in [1.82, 2.24) is 15.2 Å². The topological polar surface area (TPSA) is 57.3 Å². The monoisotopic (exact) mass is 356 g/mol. The molecule has 2 amide bonds.